The zero-order chi connectivity index (χ0) is 16.9. The van der Waals surface area contributed by atoms with Crippen LogP contribution in [-0.4, -0.2) is 47.9 Å². The highest BCUT2D eigenvalue weighted by Crippen LogP contribution is 2.34. The number of thiazole rings is 1. The molecule has 2 aromatic rings. The molecule has 1 N–H and O–H groups in total. The van der Waals surface area contributed by atoms with E-state index >= 15 is 0 Å². The third-order valence-corrected chi connectivity index (χ3v) is 5.15. The Morgan fingerprint density at radius 2 is 2.08 bits per heavy atom. The highest BCUT2D eigenvalue weighted by molar-refractivity contribution is 7.13. The van der Waals surface area contributed by atoms with E-state index in [2.05, 4.69) is 10.3 Å². The van der Waals surface area contributed by atoms with Crippen molar-refractivity contribution in [2.45, 2.75) is 32.4 Å². The summed E-state index contributed by atoms with van der Waals surface area (Å²) in [5.41, 5.74) is 2.12. The molecule has 6 heteroatoms. The molecule has 1 fully saturated rings. The summed E-state index contributed by atoms with van der Waals surface area (Å²) in [5.74, 6) is 1.49. The first-order chi connectivity index (χ1) is 11.7. The van der Waals surface area contributed by atoms with Crippen LogP contribution in [-0.2, 0) is 6.54 Å². The van der Waals surface area contributed by atoms with Crippen LogP contribution in [0.25, 0.3) is 10.6 Å². The van der Waals surface area contributed by atoms with Gasteiger partial charge in [0.05, 0.1) is 25.5 Å². The fourth-order valence-corrected chi connectivity index (χ4v) is 3.70. The SMILES string of the molecule is CCOc1ccc(-c2nc(CN3CCC(O)CC3)cs2)cc1OC. The van der Waals surface area contributed by atoms with E-state index in [1.54, 1.807) is 18.4 Å². The Morgan fingerprint density at radius 3 is 2.79 bits per heavy atom. The normalized spacial score (nSPS) is 16.3. The summed E-state index contributed by atoms with van der Waals surface area (Å²) in [6, 6.07) is 5.93. The molecular weight excluding hydrogens is 324 g/mol. The number of hydrogen-bond acceptors (Lipinski definition) is 6. The van der Waals surface area contributed by atoms with Crippen LogP contribution in [0.15, 0.2) is 23.6 Å². The van der Waals surface area contributed by atoms with Crippen molar-refractivity contribution in [2.75, 3.05) is 26.8 Å². The average molecular weight is 348 g/mol. The predicted octanol–water partition coefficient (Wildman–Crippen LogP) is 3.17. The van der Waals surface area contributed by atoms with Gasteiger partial charge in [-0.05, 0) is 38.0 Å². The largest absolute Gasteiger partial charge is 0.493 e. The zero-order valence-corrected chi connectivity index (χ0v) is 15.0. The Labute approximate surface area is 146 Å². The number of hydrogen-bond donors (Lipinski definition) is 1. The Balaban J connectivity index is 1.71. The molecule has 1 aromatic carbocycles. The fraction of sp³-hybridized carbons (Fsp3) is 0.500. The first kappa shape index (κ1) is 17.2. The molecule has 0 bridgehead atoms. The van der Waals surface area contributed by atoms with Crippen LogP contribution in [0.3, 0.4) is 0 Å². The topological polar surface area (TPSA) is 54.8 Å². The van der Waals surface area contributed by atoms with E-state index in [-0.39, 0.29) is 6.10 Å². The van der Waals surface area contributed by atoms with Gasteiger partial charge in [-0.3, -0.25) is 4.90 Å². The molecule has 0 unspecified atom stereocenters. The fourth-order valence-electron chi connectivity index (χ4n) is 2.89. The van der Waals surface area contributed by atoms with E-state index < -0.39 is 0 Å². The van der Waals surface area contributed by atoms with Gasteiger partial charge >= 0.3 is 0 Å². The van der Waals surface area contributed by atoms with Crippen LogP contribution in [0.1, 0.15) is 25.5 Å². The van der Waals surface area contributed by atoms with E-state index in [1.807, 2.05) is 25.1 Å². The van der Waals surface area contributed by atoms with Gasteiger partial charge < -0.3 is 14.6 Å². The van der Waals surface area contributed by atoms with Crippen LogP contribution < -0.4 is 9.47 Å². The third-order valence-electron chi connectivity index (χ3n) is 4.20. The van der Waals surface area contributed by atoms with Gasteiger partial charge in [-0.2, -0.15) is 0 Å². The standard InChI is InChI=1S/C18H24N2O3S/c1-3-23-16-5-4-13(10-17(16)22-2)18-19-14(12-24-18)11-20-8-6-15(21)7-9-20/h4-5,10,12,15,21H,3,6-9,11H2,1-2H3. The van der Waals surface area contributed by atoms with E-state index in [0.29, 0.717) is 6.61 Å². The average Bonchev–Trinajstić information content (AvgIpc) is 3.06. The van der Waals surface area contributed by atoms with Crippen molar-refractivity contribution in [3.63, 3.8) is 0 Å². The highest BCUT2D eigenvalue weighted by atomic mass is 32.1. The molecule has 24 heavy (non-hydrogen) atoms. The maximum Gasteiger partial charge on any atom is 0.161 e. The summed E-state index contributed by atoms with van der Waals surface area (Å²) >= 11 is 1.65. The second-order valence-electron chi connectivity index (χ2n) is 5.95. The summed E-state index contributed by atoms with van der Waals surface area (Å²) in [7, 11) is 1.65. The lowest BCUT2D eigenvalue weighted by Gasteiger charge is -2.28. The second kappa shape index (κ2) is 7.96. The molecule has 1 saturated heterocycles. The Bertz CT molecular complexity index is 666. The monoisotopic (exact) mass is 348 g/mol. The van der Waals surface area contributed by atoms with Gasteiger partial charge in [0, 0.05) is 30.6 Å². The van der Waals surface area contributed by atoms with Crippen LogP contribution in [0.4, 0.5) is 0 Å². The summed E-state index contributed by atoms with van der Waals surface area (Å²) in [4.78, 5) is 7.11. The minimum atomic E-state index is -0.136. The van der Waals surface area contributed by atoms with Gasteiger partial charge in [-0.15, -0.1) is 11.3 Å². The number of methoxy groups -OCH3 is 1. The Hall–Kier alpha value is -1.63. The van der Waals surface area contributed by atoms with Crippen molar-refractivity contribution in [2.24, 2.45) is 0 Å². The first-order valence-electron chi connectivity index (χ1n) is 8.35. The summed E-state index contributed by atoms with van der Waals surface area (Å²) in [6.45, 7) is 5.29. The van der Waals surface area contributed by atoms with Crippen molar-refractivity contribution < 1.29 is 14.6 Å². The molecule has 1 aliphatic rings. The molecule has 0 spiro atoms. The quantitative estimate of drug-likeness (QED) is 0.869. The number of piperidine rings is 1. The third kappa shape index (κ3) is 4.06. The zero-order valence-electron chi connectivity index (χ0n) is 14.2. The summed E-state index contributed by atoms with van der Waals surface area (Å²) in [6.07, 6.45) is 1.57. The molecule has 1 aromatic heterocycles. The number of aliphatic hydroxyl groups excluding tert-OH is 1. The number of likely N-dealkylation sites (tertiary alicyclic amines) is 1. The number of ether oxygens (including phenoxy) is 2. The molecular formula is C18H24N2O3S. The van der Waals surface area contributed by atoms with Gasteiger partial charge in [0.25, 0.3) is 0 Å². The van der Waals surface area contributed by atoms with Gasteiger partial charge in [0.2, 0.25) is 0 Å². The van der Waals surface area contributed by atoms with Crippen molar-refractivity contribution in [1.29, 1.82) is 0 Å². The van der Waals surface area contributed by atoms with E-state index in [1.165, 1.54) is 0 Å². The minimum absolute atomic E-state index is 0.136. The second-order valence-corrected chi connectivity index (χ2v) is 6.81. The lowest BCUT2D eigenvalue weighted by atomic mass is 10.1. The van der Waals surface area contributed by atoms with E-state index in [9.17, 15) is 5.11 Å². The van der Waals surface area contributed by atoms with Crippen LogP contribution >= 0.6 is 11.3 Å². The summed E-state index contributed by atoms with van der Waals surface area (Å²) < 4.78 is 11.0. The molecule has 2 heterocycles. The van der Waals surface area contributed by atoms with Gasteiger partial charge in [0.15, 0.2) is 11.5 Å². The number of nitrogens with zero attached hydrogens (tertiary/aromatic N) is 2. The number of rotatable bonds is 6. The molecule has 130 valence electrons. The molecule has 0 saturated carbocycles. The number of aromatic nitrogens is 1. The van der Waals surface area contributed by atoms with Gasteiger partial charge in [-0.25, -0.2) is 4.98 Å². The molecule has 5 nitrogen and oxygen atoms in total. The summed E-state index contributed by atoms with van der Waals surface area (Å²) in [5, 5.41) is 12.7. The molecule has 3 rings (SSSR count). The number of benzene rings is 1. The van der Waals surface area contributed by atoms with Crippen molar-refractivity contribution >= 4 is 11.3 Å². The number of aliphatic hydroxyl groups is 1. The minimum Gasteiger partial charge on any atom is -0.493 e. The first-order valence-corrected chi connectivity index (χ1v) is 9.23. The van der Waals surface area contributed by atoms with Crippen molar-refractivity contribution in [3.05, 3.63) is 29.3 Å². The van der Waals surface area contributed by atoms with Gasteiger partial charge in [0.1, 0.15) is 5.01 Å². The van der Waals surface area contributed by atoms with Crippen LogP contribution in [0, 0.1) is 0 Å². The molecule has 1 aliphatic heterocycles. The van der Waals surface area contributed by atoms with Crippen LogP contribution in [0.2, 0.25) is 0 Å². The van der Waals surface area contributed by atoms with E-state index in [4.69, 9.17) is 14.5 Å². The maximum atomic E-state index is 9.59. The Kier molecular flexibility index (Phi) is 5.71. The molecule has 0 radical (unpaired) electrons. The smallest absolute Gasteiger partial charge is 0.161 e. The van der Waals surface area contributed by atoms with Crippen LogP contribution in [0.5, 0.6) is 11.5 Å². The maximum absolute atomic E-state index is 9.59. The molecule has 0 amide bonds. The Morgan fingerprint density at radius 1 is 1.29 bits per heavy atom. The molecule has 0 aliphatic carbocycles. The highest BCUT2D eigenvalue weighted by Gasteiger charge is 2.18. The molecule has 0 atom stereocenters. The lowest BCUT2D eigenvalue weighted by Crippen LogP contribution is -2.35. The van der Waals surface area contributed by atoms with Crippen molar-refractivity contribution in [1.82, 2.24) is 9.88 Å². The predicted molar refractivity (Wildman–Crippen MR) is 95.8 cm³/mol. The van der Waals surface area contributed by atoms with E-state index in [0.717, 1.165) is 60.2 Å². The lowest BCUT2D eigenvalue weighted by molar-refractivity contribution is 0.0787. The van der Waals surface area contributed by atoms with Crippen molar-refractivity contribution in [3.8, 4) is 22.1 Å². The van der Waals surface area contributed by atoms with Gasteiger partial charge in [-0.1, -0.05) is 0 Å².